The van der Waals surface area contributed by atoms with E-state index < -0.39 is 0 Å². The molecule has 2 heterocycles. The molecule has 0 radical (unpaired) electrons. The second kappa shape index (κ2) is 8.06. The van der Waals surface area contributed by atoms with Crippen molar-refractivity contribution in [3.05, 3.63) is 48.0 Å². The van der Waals surface area contributed by atoms with E-state index in [1.165, 1.54) is 12.1 Å². The number of aromatic nitrogens is 1. The number of nitriles is 1. The number of rotatable bonds is 5. The topological polar surface area (TPSA) is 61.2 Å². The van der Waals surface area contributed by atoms with E-state index in [0.29, 0.717) is 11.7 Å². The van der Waals surface area contributed by atoms with Crippen LogP contribution in [-0.4, -0.2) is 48.8 Å². The molecule has 0 spiro atoms. The number of hydrogen-bond donors (Lipinski definition) is 1. The van der Waals surface area contributed by atoms with Gasteiger partial charge in [0.25, 0.3) is 0 Å². The molecular weight excluding hydrogens is 319 g/mol. The first-order valence-corrected chi connectivity index (χ1v) is 8.39. The molecule has 5 nitrogen and oxygen atoms in total. The second-order valence-electron chi connectivity index (χ2n) is 6.11. The molecule has 0 aliphatic carbocycles. The van der Waals surface area contributed by atoms with Crippen LogP contribution in [0.5, 0.6) is 0 Å². The summed E-state index contributed by atoms with van der Waals surface area (Å²) in [5, 5.41) is 12.5. The average Bonchev–Trinajstić information content (AvgIpc) is 2.67. The van der Waals surface area contributed by atoms with Gasteiger partial charge < -0.3 is 10.1 Å². The van der Waals surface area contributed by atoms with Crippen LogP contribution < -0.4 is 5.32 Å². The third kappa shape index (κ3) is 4.32. The second-order valence-corrected chi connectivity index (χ2v) is 6.11. The van der Waals surface area contributed by atoms with Crippen LogP contribution in [0.3, 0.4) is 0 Å². The molecule has 0 amide bonds. The molecule has 1 unspecified atom stereocenters. The SMILES string of the molecule is CC(CNc1cnc(C#N)cc1-c1ccc(F)cc1)N1CCOCC1. The first-order chi connectivity index (χ1) is 12.2. The molecule has 1 aliphatic heterocycles. The van der Waals surface area contributed by atoms with Crippen LogP contribution in [0.2, 0.25) is 0 Å². The summed E-state index contributed by atoms with van der Waals surface area (Å²) in [5.74, 6) is -0.284. The zero-order chi connectivity index (χ0) is 17.6. The molecule has 25 heavy (non-hydrogen) atoms. The van der Waals surface area contributed by atoms with Gasteiger partial charge in [0.1, 0.15) is 17.6 Å². The fraction of sp³-hybridized carbons (Fsp3) is 0.368. The summed E-state index contributed by atoms with van der Waals surface area (Å²) in [6.07, 6.45) is 1.67. The minimum atomic E-state index is -0.284. The highest BCUT2D eigenvalue weighted by molar-refractivity contribution is 5.78. The van der Waals surface area contributed by atoms with Crippen molar-refractivity contribution in [2.75, 3.05) is 38.2 Å². The molecule has 130 valence electrons. The molecule has 1 saturated heterocycles. The van der Waals surface area contributed by atoms with E-state index in [1.807, 2.05) is 0 Å². The molecule has 2 aromatic rings. The van der Waals surface area contributed by atoms with Crippen molar-refractivity contribution < 1.29 is 9.13 Å². The maximum Gasteiger partial charge on any atom is 0.141 e. The largest absolute Gasteiger partial charge is 0.382 e. The average molecular weight is 340 g/mol. The van der Waals surface area contributed by atoms with Gasteiger partial charge in [-0.2, -0.15) is 5.26 Å². The summed E-state index contributed by atoms with van der Waals surface area (Å²) in [5.41, 5.74) is 2.87. The zero-order valence-corrected chi connectivity index (χ0v) is 14.2. The lowest BCUT2D eigenvalue weighted by Gasteiger charge is -2.32. The van der Waals surface area contributed by atoms with Gasteiger partial charge >= 0.3 is 0 Å². The smallest absolute Gasteiger partial charge is 0.141 e. The lowest BCUT2D eigenvalue weighted by molar-refractivity contribution is 0.0227. The quantitative estimate of drug-likeness (QED) is 0.907. The lowest BCUT2D eigenvalue weighted by atomic mass is 10.0. The Morgan fingerprint density at radius 3 is 2.72 bits per heavy atom. The highest BCUT2D eigenvalue weighted by atomic mass is 19.1. The van der Waals surface area contributed by atoms with E-state index in [4.69, 9.17) is 10.00 Å². The van der Waals surface area contributed by atoms with Gasteiger partial charge in [-0.25, -0.2) is 9.37 Å². The Labute approximate surface area is 147 Å². The predicted molar refractivity (Wildman–Crippen MR) is 94.7 cm³/mol. The zero-order valence-electron chi connectivity index (χ0n) is 14.2. The number of hydrogen-bond acceptors (Lipinski definition) is 5. The van der Waals surface area contributed by atoms with Crippen molar-refractivity contribution in [2.24, 2.45) is 0 Å². The van der Waals surface area contributed by atoms with Gasteiger partial charge in [-0.15, -0.1) is 0 Å². The van der Waals surface area contributed by atoms with Gasteiger partial charge in [0, 0.05) is 31.2 Å². The Morgan fingerprint density at radius 1 is 1.32 bits per heavy atom. The predicted octanol–water partition coefficient (Wildman–Crippen LogP) is 2.89. The number of pyridine rings is 1. The van der Waals surface area contributed by atoms with E-state index in [9.17, 15) is 4.39 Å². The monoisotopic (exact) mass is 340 g/mol. The van der Waals surface area contributed by atoms with Gasteiger partial charge in [-0.05, 0) is 30.7 Å². The van der Waals surface area contributed by atoms with Crippen LogP contribution in [0, 0.1) is 17.1 Å². The molecule has 1 aromatic carbocycles. The number of halogens is 1. The van der Waals surface area contributed by atoms with E-state index in [0.717, 1.165) is 49.7 Å². The minimum absolute atomic E-state index is 0.284. The maximum absolute atomic E-state index is 13.2. The van der Waals surface area contributed by atoms with Crippen molar-refractivity contribution >= 4 is 5.69 Å². The maximum atomic E-state index is 13.2. The van der Waals surface area contributed by atoms with Gasteiger partial charge in [0.15, 0.2) is 0 Å². The normalized spacial score (nSPS) is 16.2. The van der Waals surface area contributed by atoms with Gasteiger partial charge in [-0.3, -0.25) is 4.90 Å². The molecule has 0 bridgehead atoms. The molecule has 1 fully saturated rings. The molecule has 0 saturated carbocycles. The highest BCUT2D eigenvalue weighted by Crippen LogP contribution is 2.28. The Bertz CT molecular complexity index is 751. The molecule has 1 aliphatic rings. The third-order valence-corrected chi connectivity index (χ3v) is 4.43. The molecular formula is C19H21FN4O. The lowest BCUT2D eigenvalue weighted by Crippen LogP contribution is -2.45. The van der Waals surface area contributed by atoms with Crippen LogP contribution in [0.1, 0.15) is 12.6 Å². The van der Waals surface area contributed by atoms with Crippen LogP contribution in [0.25, 0.3) is 11.1 Å². The number of morpholine rings is 1. The minimum Gasteiger partial charge on any atom is -0.382 e. The van der Waals surface area contributed by atoms with E-state index in [-0.39, 0.29) is 5.82 Å². The van der Waals surface area contributed by atoms with E-state index in [1.54, 1.807) is 24.4 Å². The van der Waals surface area contributed by atoms with Gasteiger partial charge in [-0.1, -0.05) is 12.1 Å². The van der Waals surface area contributed by atoms with Crippen LogP contribution in [0.4, 0.5) is 10.1 Å². The number of nitrogens with one attached hydrogen (secondary N) is 1. The Balaban J connectivity index is 1.78. The number of nitrogens with zero attached hydrogens (tertiary/aromatic N) is 3. The summed E-state index contributed by atoms with van der Waals surface area (Å²) < 4.78 is 18.6. The standard InChI is InChI=1S/C19H21FN4O/c1-14(24-6-8-25-9-7-24)12-23-19-13-22-17(11-21)10-18(19)15-2-4-16(20)5-3-15/h2-5,10,13-14,23H,6-9,12H2,1H3. The summed E-state index contributed by atoms with van der Waals surface area (Å²) in [4.78, 5) is 6.54. The molecule has 6 heteroatoms. The fourth-order valence-corrected chi connectivity index (χ4v) is 2.93. The van der Waals surface area contributed by atoms with Gasteiger partial charge in [0.05, 0.1) is 25.1 Å². The molecule has 1 N–H and O–H groups in total. The van der Waals surface area contributed by atoms with Crippen LogP contribution in [0.15, 0.2) is 36.5 Å². The van der Waals surface area contributed by atoms with Crippen LogP contribution in [-0.2, 0) is 4.74 Å². The van der Waals surface area contributed by atoms with Crippen LogP contribution >= 0.6 is 0 Å². The number of anilines is 1. The van der Waals surface area contributed by atoms with E-state index >= 15 is 0 Å². The molecule has 1 atom stereocenters. The van der Waals surface area contributed by atoms with Crippen molar-refractivity contribution in [3.63, 3.8) is 0 Å². The van der Waals surface area contributed by atoms with Gasteiger partial charge in [0.2, 0.25) is 0 Å². The highest BCUT2D eigenvalue weighted by Gasteiger charge is 2.17. The Morgan fingerprint density at radius 2 is 2.04 bits per heavy atom. The van der Waals surface area contributed by atoms with Crippen molar-refractivity contribution in [3.8, 4) is 17.2 Å². The summed E-state index contributed by atoms with van der Waals surface area (Å²) >= 11 is 0. The third-order valence-electron chi connectivity index (χ3n) is 4.43. The summed E-state index contributed by atoms with van der Waals surface area (Å²) in [6.45, 7) is 6.32. The number of ether oxygens (including phenoxy) is 1. The van der Waals surface area contributed by atoms with Crippen molar-refractivity contribution in [1.29, 1.82) is 5.26 Å². The Hall–Kier alpha value is -2.49. The summed E-state index contributed by atoms with van der Waals surface area (Å²) in [7, 11) is 0. The summed E-state index contributed by atoms with van der Waals surface area (Å²) in [6, 6.07) is 10.4. The fourth-order valence-electron chi connectivity index (χ4n) is 2.93. The number of benzene rings is 1. The van der Waals surface area contributed by atoms with Crippen molar-refractivity contribution in [1.82, 2.24) is 9.88 Å². The Kier molecular flexibility index (Phi) is 5.59. The molecule has 1 aromatic heterocycles. The molecule has 3 rings (SSSR count). The van der Waals surface area contributed by atoms with Crippen molar-refractivity contribution in [2.45, 2.75) is 13.0 Å². The van der Waals surface area contributed by atoms with E-state index in [2.05, 4.69) is 28.2 Å². The first-order valence-electron chi connectivity index (χ1n) is 8.39. The first kappa shape index (κ1) is 17.3.